The van der Waals surface area contributed by atoms with Gasteiger partial charge in [0.2, 0.25) is 0 Å². The Balaban J connectivity index is 1.30. The van der Waals surface area contributed by atoms with Crippen molar-refractivity contribution in [3.05, 3.63) is 65.7 Å². The van der Waals surface area contributed by atoms with Crippen LogP contribution in [0.25, 0.3) is 11.3 Å². The molecule has 0 bridgehead atoms. The first kappa shape index (κ1) is 26.3. The van der Waals surface area contributed by atoms with Gasteiger partial charge in [-0.3, -0.25) is 19.8 Å². The van der Waals surface area contributed by atoms with Gasteiger partial charge in [-0.1, -0.05) is 73.1 Å². The number of benzene rings is 2. The lowest BCUT2D eigenvalue weighted by molar-refractivity contribution is -0.138. The summed E-state index contributed by atoms with van der Waals surface area (Å²) in [6.07, 6.45) is 6.91. The van der Waals surface area contributed by atoms with Crippen LogP contribution in [0, 0.1) is 0 Å². The number of aromatic nitrogens is 1. The molecular weight excluding hydrogens is 498 g/mol. The van der Waals surface area contributed by atoms with E-state index in [1.54, 1.807) is 24.3 Å². The van der Waals surface area contributed by atoms with Gasteiger partial charge in [0.05, 0.1) is 0 Å². The molecule has 8 nitrogen and oxygen atoms in total. The molecule has 38 heavy (non-hydrogen) atoms. The second-order valence-corrected chi connectivity index (χ2v) is 11.1. The van der Waals surface area contributed by atoms with Crippen LogP contribution in [-0.4, -0.2) is 65.1 Å². The summed E-state index contributed by atoms with van der Waals surface area (Å²) in [5, 5.41) is 13.7. The quantitative estimate of drug-likeness (QED) is 0.392. The topological polar surface area (TPSA) is 112 Å². The molecule has 4 N–H and O–H groups in total. The summed E-state index contributed by atoms with van der Waals surface area (Å²) in [6.45, 7) is 4.00. The highest BCUT2D eigenvalue weighted by Gasteiger charge is 2.28. The Labute approximate surface area is 227 Å². The first-order valence-corrected chi connectivity index (χ1v) is 14.2. The van der Waals surface area contributed by atoms with E-state index < -0.39 is 12.0 Å². The lowest BCUT2D eigenvalue weighted by Gasteiger charge is -2.41. The zero-order valence-electron chi connectivity index (χ0n) is 21.5. The minimum Gasteiger partial charge on any atom is -0.480 e. The van der Waals surface area contributed by atoms with Crippen molar-refractivity contribution < 1.29 is 14.7 Å². The highest BCUT2D eigenvalue weighted by atomic mass is 32.1. The zero-order chi connectivity index (χ0) is 26.5. The number of hydrogen-bond donors (Lipinski definition) is 3. The van der Waals surface area contributed by atoms with Gasteiger partial charge in [0.1, 0.15) is 16.7 Å². The average molecular weight is 534 g/mol. The van der Waals surface area contributed by atoms with E-state index in [9.17, 15) is 9.59 Å². The lowest BCUT2D eigenvalue weighted by atomic mass is 9.94. The van der Waals surface area contributed by atoms with Gasteiger partial charge in [0.15, 0.2) is 5.13 Å². The lowest BCUT2D eigenvalue weighted by Crippen LogP contribution is -2.50. The molecule has 1 saturated carbocycles. The van der Waals surface area contributed by atoms with Gasteiger partial charge >= 0.3 is 5.97 Å². The van der Waals surface area contributed by atoms with Crippen LogP contribution in [0.5, 0.6) is 0 Å². The monoisotopic (exact) mass is 533 g/mol. The van der Waals surface area contributed by atoms with Crippen LogP contribution in [0.1, 0.15) is 48.0 Å². The van der Waals surface area contributed by atoms with Gasteiger partial charge in [-0.05, 0) is 37.0 Å². The maximum absolute atomic E-state index is 13.0. The molecule has 1 atom stereocenters. The van der Waals surface area contributed by atoms with Gasteiger partial charge in [-0.25, -0.2) is 4.98 Å². The molecule has 5 rings (SSSR count). The molecule has 1 amide bonds. The summed E-state index contributed by atoms with van der Waals surface area (Å²) >= 11 is 1.52. The summed E-state index contributed by atoms with van der Waals surface area (Å²) in [4.78, 5) is 34.0. The Hall–Kier alpha value is -3.27. The minimum atomic E-state index is -1.05. The first-order chi connectivity index (χ1) is 18.5. The molecule has 0 radical (unpaired) electrons. The Morgan fingerprint density at radius 3 is 2.34 bits per heavy atom. The summed E-state index contributed by atoms with van der Waals surface area (Å²) in [7, 11) is 0. The number of carbonyl (C=O) groups is 2. The Bertz CT molecular complexity index is 1230. The van der Waals surface area contributed by atoms with E-state index >= 15 is 0 Å². The number of amides is 1. The number of nitrogens with zero attached hydrogens (tertiary/aromatic N) is 3. The second-order valence-electron chi connectivity index (χ2n) is 10.2. The molecule has 1 saturated heterocycles. The number of carbonyl (C=O) groups excluding carboxylic acids is 1. The van der Waals surface area contributed by atoms with Crippen LogP contribution >= 0.6 is 11.3 Å². The SMILES string of the molecule is N[C@@H](Cc1ccc(C(=O)Nc2nc(-c3ccccc3)c(N3CCN(C4CCCCC4)CC3)s2)cc1)C(=O)O. The first-order valence-electron chi connectivity index (χ1n) is 13.4. The number of carboxylic acids is 1. The molecule has 1 aliphatic carbocycles. The number of piperazine rings is 1. The van der Waals surface area contributed by atoms with Crippen molar-refractivity contribution in [2.75, 3.05) is 36.4 Å². The number of aliphatic carboxylic acids is 1. The number of thiazole rings is 1. The number of nitrogens with one attached hydrogen (secondary N) is 1. The third-order valence-electron chi connectivity index (χ3n) is 7.56. The number of rotatable bonds is 8. The largest absolute Gasteiger partial charge is 0.480 e. The standard InChI is InChI=1S/C29H35N5O3S/c30-24(28(36)37)19-20-11-13-22(14-12-20)26(35)32-29-31-25(21-7-3-1-4-8-21)27(38-29)34-17-15-33(16-18-34)23-9-5-2-6-10-23/h1,3-4,7-8,11-14,23-24H,2,5-6,9-10,15-19,30H2,(H,36,37)(H,31,32,35)/t24-/m0/s1. The second kappa shape index (κ2) is 12.1. The molecule has 200 valence electrons. The molecule has 0 unspecified atom stereocenters. The molecule has 9 heteroatoms. The molecule has 1 aliphatic heterocycles. The molecule has 1 aromatic heterocycles. The Kier molecular flexibility index (Phi) is 8.36. The van der Waals surface area contributed by atoms with E-state index in [0.29, 0.717) is 10.7 Å². The fraction of sp³-hybridized carbons (Fsp3) is 0.414. The van der Waals surface area contributed by atoms with Crippen LogP contribution in [0.15, 0.2) is 54.6 Å². The fourth-order valence-corrected chi connectivity index (χ4v) is 6.44. The minimum absolute atomic E-state index is 0.210. The smallest absolute Gasteiger partial charge is 0.320 e. The summed E-state index contributed by atoms with van der Waals surface area (Å²) < 4.78 is 0. The van der Waals surface area contributed by atoms with Crippen molar-refractivity contribution in [2.24, 2.45) is 5.73 Å². The van der Waals surface area contributed by atoms with E-state index in [1.807, 2.05) is 18.2 Å². The van der Waals surface area contributed by atoms with Gasteiger partial charge in [-0.2, -0.15) is 0 Å². The summed E-state index contributed by atoms with van der Waals surface area (Å²) in [5.41, 5.74) is 8.81. The molecule has 2 aliphatic rings. The number of anilines is 2. The predicted molar refractivity (Wildman–Crippen MR) is 152 cm³/mol. The normalized spacial score (nSPS) is 17.8. The van der Waals surface area contributed by atoms with Gasteiger partial charge < -0.3 is 15.7 Å². The molecule has 2 fully saturated rings. The Morgan fingerprint density at radius 1 is 1.00 bits per heavy atom. The highest BCUT2D eigenvalue weighted by Crippen LogP contribution is 2.39. The van der Waals surface area contributed by atoms with Gasteiger partial charge in [-0.15, -0.1) is 0 Å². The van der Waals surface area contributed by atoms with Crippen LogP contribution in [0.4, 0.5) is 10.1 Å². The molecule has 3 aromatic rings. The van der Waals surface area contributed by atoms with E-state index in [2.05, 4.69) is 27.2 Å². The summed E-state index contributed by atoms with van der Waals surface area (Å²) in [6, 6.07) is 16.8. The molecule has 2 heterocycles. The highest BCUT2D eigenvalue weighted by molar-refractivity contribution is 7.20. The fourth-order valence-electron chi connectivity index (χ4n) is 5.40. The van der Waals surface area contributed by atoms with Crippen molar-refractivity contribution in [1.82, 2.24) is 9.88 Å². The molecular formula is C29H35N5O3S. The average Bonchev–Trinajstić information content (AvgIpc) is 3.38. The van der Waals surface area contributed by atoms with E-state index in [-0.39, 0.29) is 12.3 Å². The number of carboxylic acid groups (broad SMARTS) is 1. The van der Waals surface area contributed by atoms with Crippen LogP contribution in [0.2, 0.25) is 0 Å². The number of nitrogens with two attached hydrogens (primary N) is 1. The van der Waals surface area contributed by atoms with E-state index in [1.165, 1.54) is 43.4 Å². The van der Waals surface area contributed by atoms with E-state index in [4.69, 9.17) is 15.8 Å². The van der Waals surface area contributed by atoms with Crippen molar-refractivity contribution in [1.29, 1.82) is 0 Å². The van der Waals surface area contributed by atoms with Gasteiger partial charge in [0, 0.05) is 43.3 Å². The maximum Gasteiger partial charge on any atom is 0.320 e. The molecule has 0 spiro atoms. The van der Waals surface area contributed by atoms with Crippen LogP contribution < -0.4 is 16.0 Å². The van der Waals surface area contributed by atoms with E-state index in [0.717, 1.165) is 54.0 Å². The summed E-state index contributed by atoms with van der Waals surface area (Å²) in [5.74, 6) is -1.29. The van der Waals surface area contributed by atoms with Crippen molar-refractivity contribution in [2.45, 2.75) is 50.6 Å². The molecule has 2 aromatic carbocycles. The predicted octanol–water partition coefficient (Wildman–Crippen LogP) is 4.47. The van der Waals surface area contributed by atoms with Crippen LogP contribution in [0.3, 0.4) is 0 Å². The zero-order valence-corrected chi connectivity index (χ0v) is 22.3. The van der Waals surface area contributed by atoms with Gasteiger partial charge in [0.25, 0.3) is 5.91 Å². The Morgan fingerprint density at radius 2 is 1.68 bits per heavy atom. The van der Waals surface area contributed by atoms with Crippen LogP contribution in [-0.2, 0) is 11.2 Å². The van der Waals surface area contributed by atoms with Crippen molar-refractivity contribution >= 4 is 33.3 Å². The van der Waals surface area contributed by atoms with Crippen molar-refractivity contribution in [3.63, 3.8) is 0 Å². The third-order valence-corrected chi connectivity index (χ3v) is 8.59. The van der Waals surface area contributed by atoms with Crippen molar-refractivity contribution in [3.8, 4) is 11.3 Å². The maximum atomic E-state index is 13.0. The number of hydrogen-bond acceptors (Lipinski definition) is 7. The third kappa shape index (κ3) is 6.23.